The Labute approximate surface area is 124 Å². The number of benzene rings is 1. The van der Waals surface area contributed by atoms with Crippen molar-refractivity contribution in [2.24, 2.45) is 0 Å². The molecule has 2 aromatic rings. The summed E-state index contributed by atoms with van der Waals surface area (Å²) in [7, 11) is 1.59. The summed E-state index contributed by atoms with van der Waals surface area (Å²) in [6, 6.07) is 7.09. The highest BCUT2D eigenvalue weighted by Crippen LogP contribution is 2.36. The number of aliphatic hydroxyl groups is 1. The molecule has 0 aliphatic carbocycles. The van der Waals surface area contributed by atoms with Gasteiger partial charge < -0.3 is 19.6 Å². The van der Waals surface area contributed by atoms with Crippen LogP contribution in [0, 0.1) is 0 Å². The number of hydrogen-bond donors (Lipinski definition) is 2. The van der Waals surface area contributed by atoms with Gasteiger partial charge in [-0.05, 0) is 40.2 Å². The lowest BCUT2D eigenvalue weighted by Crippen LogP contribution is -2.01. The lowest BCUT2D eigenvalue weighted by Gasteiger charge is -2.12. The van der Waals surface area contributed by atoms with Crippen molar-refractivity contribution in [2.75, 3.05) is 12.4 Å². The molecule has 0 bridgehead atoms. The van der Waals surface area contributed by atoms with E-state index in [-0.39, 0.29) is 6.61 Å². The van der Waals surface area contributed by atoms with E-state index in [1.54, 1.807) is 25.3 Å². The van der Waals surface area contributed by atoms with Gasteiger partial charge in [0.15, 0.2) is 5.75 Å². The smallest absolute Gasteiger partial charge is 0.156 e. The maximum absolute atomic E-state index is 8.93. The summed E-state index contributed by atoms with van der Waals surface area (Å²) < 4.78 is 11.5. The molecule has 1 aromatic carbocycles. The summed E-state index contributed by atoms with van der Waals surface area (Å²) in [4.78, 5) is 0. The van der Waals surface area contributed by atoms with Crippen LogP contribution in [0.25, 0.3) is 0 Å². The van der Waals surface area contributed by atoms with E-state index in [0.717, 1.165) is 15.9 Å². The Balaban J connectivity index is 2.14. The largest absolute Gasteiger partial charge is 0.493 e. The Kier molecular flexibility index (Phi) is 4.74. The first kappa shape index (κ1) is 14.2. The summed E-state index contributed by atoms with van der Waals surface area (Å²) in [6.45, 7) is 0.370. The van der Waals surface area contributed by atoms with Crippen molar-refractivity contribution in [3.63, 3.8) is 0 Å². The van der Waals surface area contributed by atoms with Crippen LogP contribution < -0.4 is 10.1 Å². The Morgan fingerprint density at radius 1 is 1.37 bits per heavy atom. The van der Waals surface area contributed by atoms with Gasteiger partial charge in [0.1, 0.15) is 18.1 Å². The number of rotatable bonds is 5. The van der Waals surface area contributed by atoms with Gasteiger partial charge in [0.2, 0.25) is 0 Å². The zero-order valence-electron chi connectivity index (χ0n) is 10.2. The second-order valence-electron chi connectivity index (χ2n) is 3.85. The molecule has 19 heavy (non-hydrogen) atoms. The van der Waals surface area contributed by atoms with E-state index in [1.165, 1.54) is 0 Å². The van der Waals surface area contributed by atoms with E-state index in [4.69, 9.17) is 25.9 Å². The van der Waals surface area contributed by atoms with Crippen LogP contribution in [0.15, 0.2) is 33.2 Å². The summed E-state index contributed by atoms with van der Waals surface area (Å²) in [6.07, 6.45) is 0. The third kappa shape index (κ3) is 3.43. The highest BCUT2D eigenvalue weighted by molar-refractivity contribution is 9.10. The van der Waals surface area contributed by atoms with Crippen LogP contribution in [0.4, 0.5) is 5.69 Å². The molecule has 6 heteroatoms. The normalized spacial score (nSPS) is 10.5. The van der Waals surface area contributed by atoms with Crippen LogP contribution in [0.5, 0.6) is 5.75 Å². The van der Waals surface area contributed by atoms with Crippen molar-refractivity contribution in [3.8, 4) is 5.75 Å². The third-order valence-electron chi connectivity index (χ3n) is 2.54. The van der Waals surface area contributed by atoms with E-state index < -0.39 is 0 Å². The zero-order valence-corrected chi connectivity index (χ0v) is 12.6. The minimum atomic E-state index is -0.105. The van der Waals surface area contributed by atoms with Gasteiger partial charge in [0.25, 0.3) is 0 Å². The predicted molar refractivity (Wildman–Crippen MR) is 77.7 cm³/mol. The number of anilines is 1. The van der Waals surface area contributed by atoms with Gasteiger partial charge in [0, 0.05) is 5.02 Å². The van der Waals surface area contributed by atoms with E-state index >= 15 is 0 Å². The molecule has 102 valence electrons. The summed E-state index contributed by atoms with van der Waals surface area (Å²) in [5.74, 6) is 1.94. The van der Waals surface area contributed by atoms with Crippen molar-refractivity contribution in [1.82, 2.24) is 0 Å². The van der Waals surface area contributed by atoms with E-state index in [2.05, 4.69) is 21.2 Å². The molecule has 0 aliphatic heterocycles. The van der Waals surface area contributed by atoms with Crippen LogP contribution in [-0.4, -0.2) is 12.2 Å². The average Bonchev–Trinajstić information content (AvgIpc) is 2.83. The van der Waals surface area contributed by atoms with Gasteiger partial charge in [-0.15, -0.1) is 0 Å². The Morgan fingerprint density at radius 3 is 2.74 bits per heavy atom. The number of ether oxygens (including phenoxy) is 1. The number of aliphatic hydroxyl groups excluding tert-OH is 1. The van der Waals surface area contributed by atoms with Crippen LogP contribution >= 0.6 is 27.5 Å². The van der Waals surface area contributed by atoms with E-state index in [9.17, 15) is 0 Å². The molecule has 0 unspecified atom stereocenters. The SMILES string of the molecule is COc1c(Br)cc(Cl)cc1NCc1ccc(CO)o1. The predicted octanol–water partition coefficient (Wildman–Crippen LogP) is 3.81. The molecule has 0 aliphatic rings. The van der Waals surface area contributed by atoms with E-state index in [1.807, 2.05) is 6.07 Å². The van der Waals surface area contributed by atoms with Crippen LogP contribution in [0.2, 0.25) is 5.02 Å². The van der Waals surface area contributed by atoms with Gasteiger partial charge in [-0.2, -0.15) is 0 Å². The second kappa shape index (κ2) is 6.32. The van der Waals surface area contributed by atoms with Crippen molar-refractivity contribution in [3.05, 3.63) is 45.3 Å². The van der Waals surface area contributed by atoms with Crippen molar-refractivity contribution >= 4 is 33.2 Å². The molecule has 0 amide bonds. The maximum atomic E-state index is 8.93. The minimum Gasteiger partial charge on any atom is -0.493 e. The fraction of sp³-hybridized carbons (Fsp3) is 0.231. The van der Waals surface area contributed by atoms with Gasteiger partial charge >= 0.3 is 0 Å². The lowest BCUT2D eigenvalue weighted by atomic mass is 10.3. The molecule has 4 nitrogen and oxygen atoms in total. The van der Waals surface area contributed by atoms with Crippen LogP contribution in [0.3, 0.4) is 0 Å². The topological polar surface area (TPSA) is 54.6 Å². The molecule has 0 radical (unpaired) electrons. The van der Waals surface area contributed by atoms with Gasteiger partial charge in [0.05, 0.1) is 23.8 Å². The Hall–Kier alpha value is -1.17. The average molecular weight is 347 g/mol. The van der Waals surface area contributed by atoms with Gasteiger partial charge in [-0.1, -0.05) is 11.6 Å². The van der Waals surface area contributed by atoms with Crippen LogP contribution in [0.1, 0.15) is 11.5 Å². The maximum Gasteiger partial charge on any atom is 0.156 e. The Morgan fingerprint density at radius 2 is 2.11 bits per heavy atom. The molecule has 1 heterocycles. The molecule has 0 saturated heterocycles. The molecular weight excluding hydrogens is 334 g/mol. The fourth-order valence-corrected chi connectivity index (χ4v) is 2.66. The third-order valence-corrected chi connectivity index (χ3v) is 3.35. The summed E-state index contributed by atoms with van der Waals surface area (Å²) in [5, 5.41) is 12.7. The number of furan rings is 1. The molecule has 0 fully saturated rings. The first-order valence-corrected chi connectivity index (χ1v) is 6.76. The quantitative estimate of drug-likeness (QED) is 0.864. The summed E-state index contributed by atoms with van der Waals surface area (Å²) in [5.41, 5.74) is 0.767. The number of methoxy groups -OCH3 is 1. The van der Waals surface area contributed by atoms with Gasteiger partial charge in [-0.25, -0.2) is 0 Å². The Bertz CT molecular complexity index is 571. The number of hydrogen-bond acceptors (Lipinski definition) is 4. The van der Waals surface area contributed by atoms with Crippen molar-refractivity contribution < 1.29 is 14.3 Å². The molecular formula is C13H13BrClNO3. The molecule has 0 saturated carbocycles. The molecule has 2 rings (SSSR count). The second-order valence-corrected chi connectivity index (χ2v) is 5.14. The highest BCUT2D eigenvalue weighted by Gasteiger charge is 2.10. The first-order chi connectivity index (χ1) is 9.13. The first-order valence-electron chi connectivity index (χ1n) is 5.59. The molecule has 1 aromatic heterocycles. The summed E-state index contributed by atoms with van der Waals surface area (Å²) >= 11 is 9.40. The van der Waals surface area contributed by atoms with Crippen molar-refractivity contribution in [1.29, 1.82) is 0 Å². The zero-order chi connectivity index (χ0) is 13.8. The molecule has 2 N–H and O–H groups in total. The minimum absolute atomic E-state index is 0.105. The van der Waals surface area contributed by atoms with Crippen LogP contribution in [-0.2, 0) is 13.2 Å². The number of nitrogens with one attached hydrogen (secondary N) is 1. The molecule has 0 atom stereocenters. The monoisotopic (exact) mass is 345 g/mol. The van der Waals surface area contributed by atoms with Gasteiger partial charge in [-0.3, -0.25) is 0 Å². The standard InChI is InChI=1S/C13H13BrClNO3/c1-18-13-11(14)4-8(15)5-12(13)16-6-9-2-3-10(7-17)19-9/h2-5,16-17H,6-7H2,1H3. The lowest BCUT2D eigenvalue weighted by molar-refractivity contribution is 0.244. The fourth-order valence-electron chi connectivity index (χ4n) is 1.68. The van der Waals surface area contributed by atoms with Crippen molar-refractivity contribution in [2.45, 2.75) is 13.2 Å². The van der Waals surface area contributed by atoms with E-state index in [0.29, 0.717) is 23.1 Å². The highest BCUT2D eigenvalue weighted by atomic mass is 79.9. The molecule has 0 spiro atoms. The number of halogens is 2.